The van der Waals surface area contributed by atoms with E-state index in [0.29, 0.717) is 0 Å². The van der Waals surface area contributed by atoms with Gasteiger partial charge in [-0.05, 0) is 13.8 Å². The highest BCUT2D eigenvalue weighted by Gasteiger charge is 2.11. The van der Waals surface area contributed by atoms with Gasteiger partial charge < -0.3 is 18.9 Å². The summed E-state index contributed by atoms with van der Waals surface area (Å²) >= 11 is 0.907. The molecule has 0 atom stereocenters. The number of carbonyl (C=O) groups excluding carboxylic acids is 5. The van der Waals surface area contributed by atoms with Crippen LogP contribution in [0.5, 0.6) is 0 Å². The summed E-state index contributed by atoms with van der Waals surface area (Å²) < 4.78 is 19.2. The quantitative estimate of drug-likeness (QED) is 0.174. The minimum atomic E-state index is -0.589. The van der Waals surface area contributed by atoms with Crippen LogP contribution in [0.3, 0.4) is 0 Å². The lowest BCUT2D eigenvalue weighted by Crippen LogP contribution is -2.15. The molecule has 0 bridgehead atoms. The number of carbonyl (C=O) groups is 5. The second-order valence-corrected chi connectivity index (χ2v) is 6.90. The number of esters is 4. The SMILES string of the molecule is C=C(C)C(=O)OCCOC(=O)CCSC(=O)CCC(=O)OCCOC(=O)C(=C)C. The molecule has 0 aromatic carbocycles. The molecular formula is C19H26O9S. The fraction of sp³-hybridized carbons (Fsp3) is 0.526. The van der Waals surface area contributed by atoms with E-state index in [1.165, 1.54) is 13.8 Å². The molecule has 0 fully saturated rings. The van der Waals surface area contributed by atoms with Gasteiger partial charge in [-0.15, -0.1) is 0 Å². The largest absolute Gasteiger partial charge is 0.462 e. The number of hydrogen-bond acceptors (Lipinski definition) is 10. The number of rotatable bonds is 14. The predicted octanol–water partition coefficient (Wildman–Crippen LogP) is 1.74. The lowest BCUT2D eigenvalue weighted by Gasteiger charge is -2.06. The molecule has 0 aromatic heterocycles. The number of thioether (sulfide) groups is 1. The van der Waals surface area contributed by atoms with E-state index in [2.05, 4.69) is 13.2 Å². The highest BCUT2D eigenvalue weighted by molar-refractivity contribution is 8.13. The van der Waals surface area contributed by atoms with Gasteiger partial charge in [-0.25, -0.2) is 9.59 Å². The van der Waals surface area contributed by atoms with Crippen LogP contribution in [0.15, 0.2) is 24.3 Å². The van der Waals surface area contributed by atoms with E-state index in [4.69, 9.17) is 18.9 Å². The first-order valence-electron chi connectivity index (χ1n) is 8.75. The van der Waals surface area contributed by atoms with Crippen molar-refractivity contribution >= 4 is 40.8 Å². The first-order chi connectivity index (χ1) is 13.6. The molecule has 0 saturated carbocycles. The van der Waals surface area contributed by atoms with E-state index in [1.807, 2.05) is 0 Å². The van der Waals surface area contributed by atoms with Crippen LogP contribution in [0.1, 0.15) is 33.1 Å². The van der Waals surface area contributed by atoms with Crippen LogP contribution in [0, 0.1) is 0 Å². The average Bonchev–Trinajstić information content (AvgIpc) is 2.66. The van der Waals surface area contributed by atoms with Crippen molar-refractivity contribution in [2.45, 2.75) is 33.1 Å². The zero-order valence-electron chi connectivity index (χ0n) is 16.7. The van der Waals surface area contributed by atoms with E-state index in [9.17, 15) is 24.0 Å². The average molecular weight is 430 g/mol. The van der Waals surface area contributed by atoms with Crippen molar-refractivity contribution in [1.82, 2.24) is 0 Å². The van der Waals surface area contributed by atoms with Gasteiger partial charge in [-0.1, -0.05) is 24.9 Å². The van der Waals surface area contributed by atoms with Gasteiger partial charge in [-0.3, -0.25) is 14.4 Å². The van der Waals surface area contributed by atoms with Gasteiger partial charge >= 0.3 is 23.9 Å². The predicted molar refractivity (Wildman–Crippen MR) is 105 cm³/mol. The van der Waals surface area contributed by atoms with Crippen LogP contribution >= 0.6 is 11.8 Å². The van der Waals surface area contributed by atoms with Gasteiger partial charge in [-0.2, -0.15) is 0 Å². The Morgan fingerprint density at radius 3 is 1.52 bits per heavy atom. The van der Waals surface area contributed by atoms with Gasteiger partial charge in [0, 0.05) is 23.3 Å². The Balaban J connectivity index is 3.70. The molecule has 0 heterocycles. The normalized spacial score (nSPS) is 9.86. The molecule has 0 amide bonds. The second-order valence-electron chi connectivity index (χ2n) is 5.74. The molecule has 0 aliphatic rings. The van der Waals surface area contributed by atoms with Crippen molar-refractivity contribution < 1.29 is 42.9 Å². The maximum atomic E-state index is 11.7. The zero-order valence-corrected chi connectivity index (χ0v) is 17.5. The molecule has 0 spiro atoms. The van der Waals surface area contributed by atoms with E-state index >= 15 is 0 Å². The summed E-state index contributed by atoms with van der Waals surface area (Å²) in [5.74, 6) is -2.04. The first kappa shape index (κ1) is 26.4. The minimum Gasteiger partial charge on any atom is -0.462 e. The fourth-order valence-corrected chi connectivity index (χ4v) is 2.24. The van der Waals surface area contributed by atoms with Crippen molar-refractivity contribution in [2.75, 3.05) is 32.2 Å². The number of hydrogen-bond donors (Lipinski definition) is 0. The second kappa shape index (κ2) is 15.3. The van der Waals surface area contributed by atoms with Crippen LogP contribution in [0.25, 0.3) is 0 Å². The third-order valence-corrected chi connectivity index (χ3v) is 3.89. The van der Waals surface area contributed by atoms with E-state index in [-0.39, 0.29) is 67.7 Å². The van der Waals surface area contributed by atoms with Crippen molar-refractivity contribution in [3.8, 4) is 0 Å². The lowest BCUT2D eigenvalue weighted by molar-refractivity contribution is -0.150. The molecule has 0 N–H and O–H groups in total. The summed E-state index contributed by atoms with van der Waals surface area (Å²) in [5, 5.41) is -0.265. The molecule has 0 aliphatic carbocycles. The van der Waals surface area contributed by atoms with E-state index in [1.54, 1.807) is 0 Å². The summed E-state index contributed by atoms with van der Waals surface area (Å²) in [7, 11) is 0. The molecule has 0 aromatic rings. The third kappa shape index (κ3) is 15.0. The van der Waals surface area contributed by atoms with Crippen LogP contribution in [0.2, 0.25) is 0 Å². The topological polar surface area (TPSA) is 122 Å². The standard InChI is InChI=1S/C19H26O9S/c1-13(2)18(23)27-10-8-25-15(20)5-6-17(22)29-12-7-16(21)26-9-11-28-19(24)14(3)4/h1,3,5-12H2,2,4H3. The molecule has 0 saturated heterocycles. The van der Waals surface area contributed by atoms with Crippen LogP contribution in [0.4, 0.5) is 0 Å². The fourth-order valence-electron chi connectivity index (χ4n) is 1.49. The summed E-state index contributed by atoms with van der Waals surface area (Å²) in [6, 6.07) is 0. The van der Waals surface area contributed by atoms with Crippen LogP contribution in [-0.4, -0.2) is 61.2 Å². The molecule has 0 aliphatic heterocycles. The molecule has 10 heteroatoms. The van der Waals surface area contributed by atoms with Crippen molar-refractivity contribution in [3.63, 3.8) is 0 Å². The molecular weight excluding hydrogens is 404 g/mol. The Morgan fingerprint density at radius 2 is 1.07 bits per heavy atom. The molecule has 0 unspecified atom stereocenters. The smallest absolute Gasteiger partial charge is 0.333 e. The third-order valence-electron chi connectivity index (χ3n) is 2.96. The van der Waals surface area contributed by atoms with E-state index in [0.717, 1.165) is 11.8 Å². The van der Waals surface area contributed by atoms with Crippen molar-refractivity contribution in [3.05, 3.63) is 24.3 Å². The first-order valence-corrected chi connectivity index (χ1v) is 9.74. The molecule has 29 heavy (non-hydrogen) atoms. The Hall–Kier alpha value is -2.62. The van der Waals surface area contributed by atoms with E-state index < -0.39 is 23.9 Å². The summed E-state index contributed by atoms with van der Waals surface area (Å²) in [4.78, 5) is 56.9. The molecule has 162 valence electrons. The highest BCUT2D eigenvalue weighted by Crippen LogP contribution is 2.10. The zero-order chi connectivity index (χ0) is 22.2. The van der Waals surface area contributed by atoms with Crippen molar-refractivity contribution in [1.29, 1.82) is 0 Å². The lowest BCUT2D eigenvalue weighted by atomic mass is 10.3. The highest BCUT2D eigenvalue weighted by atomic mass is 32.2. The van der Waals surface area contributed by atoms with Gasteiger partial charge in [0.2, 0.25) is 0 Å². The van der Waals surface area contributed by atoms with Crippen LogP contribution < -0.4 is 0 Å². The maximum absolute atomic E-state index is 11.7. The van der Waals surface area contributed by atoms with Gasteiger partial charge in [0.15, 0.2) is 5.12 Å². The minimum absolute atomic E-state index is 0.00335. The van der Waals surface area contributed by atoms with Crippen LogP contribution in [-0.2, 0) is 42.9 Å². The van der Waals surface area contributed by atoms with Gasteiger partial charge in [0.25, 0.3) is 0 Å². The number of ether oxygens (including phenoxy) is 4. The summed E-state index contributed by atoms with van der Waals surface area (Å²) in [6.45, 7) is 9.49. The van der Waals surface area contributed by atoms with Gasteiger partial charge in [0.1, 0.15) is 26.4 Å². The Bertz CT molecular complexity index is 640. The molecule has 9 nitrogen and oxygen atoms in total. The molecule has 0 rings (SSSR count). The Kier molecular flexibility index (Phi) is 13.9. The Morgan fingerprint density at radius 1 is 0.655 bits per heavy atom. The maximum Gasteiger partial charge on any atom is 0.333 e. The monoisotopic (exact) mass is 430 g/mol. The van der Waals surface area contributed by atoms with Crippen molar-refractivity contribution in [2.24, 2.45) is 0 Å². The van der Waals surface area contributed by atoms with Gasteiger partial charge in [0.05, 0.1) is 12.8 Å². The Labute approximate surface area is 173 Å². The summed E-state index contributed by atoms with van der Waals surface area (Å²) in [5.41, 5.74) is 0.496. The summed E-state index contributed by atoms with van der Waals surface area (Å²) in [6.07, 6.45) is -0.150. The molecule has 0 radical (unpaired) electrons.